The summed E-state index contributed by atoms with van der Waals surface area (Å²) in [4.78, 5) is 0. The van der Waals surface area contributed by atoms with Gasteiger partial charge in [-0.2, -0.15) is 0 Å². The molecule has 62 valence electrons. The first-order valence-corrected chi connectivity index (χ1v) is 4.50. The molecule has 0 aromatic rings. The van der Waals surface area contributed by atoms with E-state index in [1.54, 1.807) is 5.57 Å². The van der Waals surface area contributed by atoms with Crippen molar-refractivity contribution in [3.63, 3.8) is 0 Å². The van der Waals surface area contributed by atoms with Gasteiger partial charge in [0.2, 0.25) is 0 Å². The van der Waals surface area contributed by atoms with E-state index in [2.05, 4.69) is 32.9 Å². The van der Waals surface area contributed by atoms with Gasteiger partial charge in [-0.15, -0.1) is 0 Å². The zero-order valence-electron chi connectivity index (χ0n) is 7.85. The molecule has 1 saturated carbocycles. The molecule has 0 heterocycles. The van der Waals surface area contributed by atoms with Crippen LogP contribution in [0.25, 0.3) is 0 Å². The molecule has 1 rings (SSSR count). The molecule has 0 amide bonds. The summed E-state index contributed by atoms with van der Waals surface area (Å²) in [5.41, 5.74) is 3.02. The van der Waals surface area contributed by atoms with Gasteiger partial charge in [-0.3, -0.25) is 0 Å². The van der Waals surface area contributed by atoms with Crippen LogP contribution < -0.4 is 0 Å². The molecule has 0 aromatic heterocycles. The fraction of sp³-hybridized carbons (Fsp3) is 0.636. The second kappa shape index (κ2) is 3.75. The minimum atomic E-state index is 0.945. The third-order valence-electron chi connectivity index (χ3n) is 2.19. The lowest BCUT2D eigenvalue weighted by molar-refractivity contribution is 0.990. The lowest BCUT2D eigenvalue weighted by Gasteiger charge is -1.94. The summed E-state index contributed by atoms with van der Waals surface area (Å²) in [5, 5.41) is 0. The van der Waals surface area contributed by atoms with E-state index >= 15 is 0 Å². The van der Waals surface area contributed by atoms with E-state index in [1.807, 2.05) is 0 Å². The molecule has 1 aliphatic rings. The fourth-order valence-electron chi connectivity index (χ4n) is 1.19. The largest absolute Gasteiger partial charge is 0.0821 e. The molecule has 0 aliphatic heterocycles. The molecular formula is C11H18. The molecule has 0 aromatic carbocycles. The first kappa shape index (κ1) is 8.58. The van der Waals surface area contributed by atoms with Gasteiger partial charge in [0.15, 0.2) is 0 Å². The third-order valence-corrected chi connectivity index (χ3v) is 2.19. The van der Waals surface area contributed by atoms with E-state index in [-0.39, 0.29) is 0 Å². The van der Waals surface area contributed by atoms with Crippen LogP contribution in [0.3, 0.4) is 0 Å². The van der Waals surface area contributed by atoms with Gasteiger partial charge in [0.25, 0.3) is 0 Å². The van der Waals surface area contributed by atoms with Crippen molar-refractivity contribution < 1.29 is 0 Å². The predicted molar refractivity (Wildman–Crippen MR) is 50.5 cm³/mol. The minimum absolute atomic E-state index is 0.945. The van der Waals surface area contributed by atoms with Gasteiger partial charge < -0.3 is 0 Å². The van der Waals surface area contributed by atoms with Crippen molar-refractivity contribution in [2.75, 3.05) is 0 Å². The molecule has 1 aliphatic carbocycles. The Balaban J connectivity index is 2.27. The van der Waals surface area contributed by atoms with Crippen LogP contribution in [0.5, 0.6) is 0 Å². The molecule has 0 saturated heterocycles. The van der Waals surface area contributed by atoms with Crippen molar-refractivity contribution in [1.82, 2.24) is 0 Å². The van der Waals surface area contributed by atoms with Crippen LogP contribution in [0, 0.1) is 5.92 Å². The van der Waals surface area contributed by atoms with E-state index in [1.165, 1.54) is 18.4 Å². The van der Waals surface area contributed by atoms with Crippen LogP contribution in [0.4, 0.5) is 0 Å². The molecular weight excluding hydrogens is 132 g/mol. The molecule has 0 bridgehead atoms. The zero-order valence-corrected chi connectivity index (χ0v) is 7.85. The Kier molecular flexibility index (Phi) is 2.92. The Morgan fingerprint density at radius 3 is 2.27 bits per heavy atom. The van der Waals surface area contributed by atoms with Gasteiger partial charge in [-0.05, 0) is 46.0 Å². The van der Waals surface area contributed by atoms with Crippen LogP contribution in [-0.2, 0) is 0 Å². The first-order valence-electron chi connectivity index (χ1n) is 4.50. The quantitative estimate of drug-likeness (QED) is 0.538. The van der Waals surface area contributed by atoms with Gasteiger partial charge >= 0.3 is 0 Å². The SMILES string of the molecule is CC(C)=CCC=C(C)C1CC1. The lowest BCUT2D eigenvalue weighted by atomic mass is 10.1. The fourth-order valence-corrected chi connectivity index (χ4v) is 1.19. The van der Waals surface area contributed by atoms with Crippen LogP contribution in [0.2, 0.25) is 0 Å². The summed E-state index contributed by atoms with van der Waals surface area (Å²) in [5.74, 6) is 0.945. The average molecular weight is 150 g/mol. The Morgan fingerprint density at radius 2 is 1.82 bits per heavy atom. The van der Waals surface area contributed by atoms with E-state index in [0.717, 1.165) is 12.3 Å². The van der Waals surface area contributed by atoms with Crippen LogP contribution >= 0.6 is 0 Å². The maximum absolute atomic E-state index is 2.37. The molecule has 0 N–H and O–H groups in total. The monoisotopic (exact) mass is 150 g/mol. The molecule has 0 unspecified atom stereocenters. The number of allylic oxidation sites excluding steroid dienone is 4. The summed E-state index contributed by atoms with van der Waals surface area (Å²) in [7, 11) is 0. The highest BCUT2D eigenvalue weighted by atomic mass is 14.3. The third kappa shape index (κ3) is 3.41. The van der Waals surface area contributed by atoms with Gasteiger partial charge in [0.05, 0.1) is 0 Å². The maximum Gasteiger partial charge on any atom is -0.0164 e. The second-order valence-corrected chi connectivity index (χ2v) is 3.74. The van der Waals surface area contributed by atoms with E-state index < -0.39 is 0 Å². The van der Waals surface area contributed by atoms with E-state index in [9.17, 15) is 0 Å². The van der Waals surface area contributed by atoms with Gasteiger partial charge in [0, 0.05) is 0 Å². The van der Waals surface area contributed by atoms with Crippen LogP contribution in [0.1, 0.15) is 40.0 Å². The minimum Gasteiger partial charge on any atom is -0.0821 e. The number of hydrogen-bond donors (Lipinski definition) is 0. The van der Waals surface area contributed by atoms with Gasteiger partial charge in [0.1, 0.15) is 0 Å². The molecule has 0 heteroatoms. The lowest BCUT2D eigenvalue weighted by Crippen LogP contribution is -1.76. The number of hydrogen-bond acceptors (Lipinski definition) is 0. The standard InChI is InChI=1S/C11H18/c1-9(2)5-4-6-10(3)11-7-8-11/h5-6,11H,4,7-8H2,1-3H3. The topological polar surface area (TPSA) is 0 Å². The Labute approximate surface area is 70.0 Å². The van der Waals surface area contributed by atoms with E-state index in [4.69, 9.17) is 0 Å². The summed E-state index contributed by atoms with van der Waals surface area (Å²) < 4.78 is 0. The van der Waals surface area contributed by atoms with Crippen molar-refractivity contribution in [1.29, 1.82) is 0 Å². The van der Waals surface area contributed by atoms with Crippen molar-refractivity contribution >= 4 is 0 Å². The maximum atomic E-state index is 2.37. The Bertz CT molecular complexity index is 176. The normalized spacial score (nSPS) is 18.3. The molecule has 11 heavy (non-hydrogen) atoms. The molecule has 0 spiro atoms. The summed E-state index contributed by atoms with van der Waals surface area (Å²) in [6.07, 6.45) is 8.63. The van der Waals surface area contributed by atoms with Crippen molar-refractivity contribution in [3.8, 4) is 0 Å². The Morgan fingerprint density at radius 1 is 1.18 bits per heavy atom. The van der Waals surface area contributed by atoms with Gasteiger partial charge in [-0.1, -0.05) is 23.3 Å². The molecule has 1 fully saturated rings. The average Bonchev–Trinajstić information content (AvgIpc) is 2.66. The van der Waals surface area contributed by atoms with Crippen molar-refractivity contribution in [3.05, 3.63) is 23.3 Å². The first-order chi connectivity index (χ1) is 5.20. The predicted octanol–water partition coefficient (Wildman–Crippen LogP) is 3.70. The molecule has 0 nitrogen and oxygen atoms in total. The smallest absolute Gasteiger partial charge is 0.0164 e. The zero-order chi connectivity index (χ0) is 8.27. The van der Waals surface area contributed by atoms with Crippen molar-refractivity contribution in [2.45, 2.75) is 40.0 Å². The summed E-state index contributed by atoms with van der Waals surface area (Å²) in [6.45, 7) is 6.57. The summed E-state index contributed by atoms with van der Waals surface area (Å²) in [6, 6.07) is 0. The van der Waals surface area contributed by atoms with Gasteiger partial charge in [-0.25, -0.2) is 0 Å². The van der Waals surface area contributed by atoms with Crippen LogP contribution in [-0.4, -0.2) is 0 Å². The second-order valence-electron chi connectivity index (χ2n) is 3.74. The molecule has 0 atom stereocenters. The van der Waals surface area contributed by atoms with Crippen molar-refractivity contribution in [2.24, 2.45) is 5.92 Å². The number of rotatable bonds is 3. The van der Waals surface area contributed by atoms with E-state index in [0.29, 0.717) is 0 Å². The highest BCUT2D eigenvalue weighted by Gasteiger charge is 2.22. The molecule has 0 radical (unpaired) electrons. The van der Waals surface area contributed by atoms with Crippen LogP contribution in [0.15, 0.2) is 23.3 Å². The Hall–Kier alpha value is -0.520. The highest BCUT2D eigenvalue weighted by Crippen LogP contribution is 2.36. The highest BCUT2D eigenvalue weighted by molar-refractivity contribution is 5.12. The summed E-state index contributed by atoms with van der Waals surface area (Å²) >= 11 is 0.